The number of carbonyl (C=O) groups is 1. The molecule has 1 rings (SSSR count). The first-order valence-corrected chi connectivity index (χ1v) is 4.93. The zero-order chi connectivity index (χ0) is 10.6. The van der Waals surface area contributed by atoms with Gasteiger partial charge in [-0.15, -0.1) is 0 Å². The second kappa shape index (κ2) is 4.27. The zero-order valence-corrected chi connectivity index (χ0v) is 9.00. The van der Waals surface area contributed by atoms with Crippen LogP contribution in [-0.4, -0.2) is 5.91 Å². The molecule has 0 aliphatic heterocycles. The highest BCUT2D eigenvalue weighted by atomic mass is 16.1. The molecule has 0 aromatic heterocycles. The molecular formula is C12H17NO. The molecule has 0 aliphatic rings. The van der Waals surface area contributed by atoms with Crippen molar-refractivity contribution in [1.29, 1.82) is 0 Å². The Bertz CT molecular complexity index is 307. The minimum absolute atomic E-state index is 0.0122. The van der Waals surface area contributed by atoms with E-state index in [1.54, 1.807) is 6.92 Å². The Hall–Kier alpha value is -1.31. The van der Waals surface area contributed by atoms with Gasteiger partial charge in [-0.05, 0) is 18.9 Å². The maximum atomic E-state index is 11.1. The molecule has 76 valence electrons. The third kappa shape index (κ3) is 2.34. The highest BCUT2D eigenvalue weighted by Crippen LogP contribution is 2.23. The van der Waals surface area contributed by atoms with Gasteiger partial charge in [-0.2, -0.15) is 0 Å². The quantitative estimate of drug-likeness (QED) is 0.781. The van der Waals surface area contributed by atoms with E-state index in [-0.39, 0.29) is 11.4 Å². The number of hydrogen-bond acceptors (Lipinski definition) is 1. The van der Waals surface area contributed by atoms with Gasteiger partial charge in [0, 0.05) is 6.92 Å². The summed E-state index contributed by atoms with van der Waals surface area (Å²) in [6.07, 6.45) is 0.886. The average Bonchev–Trinajstić information content (AvgIpc) is 2.18. The average molecular weight is 191 g/mol. The molecule has 2 nitrogen and oxygen atoms in total. The molecule has 1 aromatic carbocycles. The molecular weight excluding hydrogens is 174 g/mol. The maximum absolute atomic E-state index is 11.1. The van der Waals surface area contributed by atoms with Crippen LogP contribution in [0.3, 0.4) is 0 Å². The van der Waals surface area contributed by atoms with Crippen LogP contribution in [0.5, 0.6) is 0 Å². The highest BCUT2D eigenvalue weighted by molar-refractivity contribution is 5.74. The lowest BCUT2D eigenvalue weighted by molar-refractivity contribution is -0.120. The summed E-state index contributed by atoms with van der Waals surface area (Å²) in [6, 6.07) is 10.0. The fraction of sp³-hybridized carbons (Fsp3) is 0.417. The SMILES string of the molecule is CC[C@@](C)(NC(C)=O)c1ccccc1. The lowest BCUT2D eigenvalue weighted by atomic mass is 9.89. The first-order chi connectivity index (χ1) is 6.58. The van der Waals surface area contributed by atoms with E-state index in [0.717, 1.165) is 12.0 Å². The molecule has 0 saturated carbocycles. The second-order valence-electron chi connectivity index (χ2n) is 3.73. The maximum Gasteiger partial charge on any atom is 0.217 e. The van der Waals surface area contributed by atoms with Gasteiger partial charge in [0.15, 0.2) is 0 Å². The zero-order valence-electron chi connectivity index (χ0n) is 9.00. The third-order valence-electron chi connectivity index (χ3n) is 2.57. The Balaban J connectivity index is 2.95. The van der Waals surface area contributed by atoms with E-state index < -0.39 is 0 Å². The number of hydrogen-bond donors (Lipinski definition) is 1. The van der Waals surface area contributed by atoms with Gasteiger partial charge in [-0.25, -0.2) is 0 Å². The number of carbonyl (C=O) groups excluding carboxylic acids is 1. The van der Waals surface area contributed by atoms with Crippen LogP contribution in [0.4, 0.5) is 0 Å². The molecule has 0 aliphatic carbocycles. The van der Waals surface area contributed by atoms with Gasteiger partial charge in [0.25, 0.3) is 0 Å². The van der Waals surface area contributed by atoms with E-state index in [0.29, 0.717) is 0 Å². The molecule has 0 spiro atoms. The first kappa shape index (κ1) is 10.8. The Morgan fingerprint density at radius 1 is 1.36 bits per heavy atom. The van der Waals surface area contributed by atoms with Gasteiger partial charge in [0.1, 0.15) is 0 Å². The summed E-state index contributed by atoms with van der Waals surface area (Å²) in [7, 11) is 0. The number of nitrogens with one attached hydrogen (secondary N) is 1. The van der Waals surface area contributed by atoms with Crippen molar-refractivity contribution in [3.63, 3.8) is 0 Å². The standard InChI is InChI=1S/C12H17NO/c1-4-12(3,13-10(2)14)11-8-6-5-7-9-11/h5-9H,4H2,1-3H3,(H,13,14)/t12-/m1/s1. The molecule has 2 heteroatoms. The molecule has 1 amide bonds. The number of amides is 1. The van der Waals surface area contributed by atoms with Crippen molar-refractivity contribution in [3.8, 4) is 0 Å². The van der Waals surface area contributed by atoms with Gasteiger partial charge >= 0.3 is 0 Å². The summed E-state index contributed by atoms with van der Waals surface area (Å²) < 4.78 is 0. The Morgan fingerprint density at radius 2 is 1.93 bits per heavy atom. The lowest BCUT2D eigenvalue weighted by Gasteiger charge is -2.29. The summed E-state index contributed by atoms with van der Waals surface area (Å²) in [5.74, 6) is 0.0122. The van der Waals surface area contributed by atoms with Crippen LogP contribution in [0.25, 0.3) is 0 Å². The van der Waals surface area contributed by atoms with Crippen molar-refractivity contribution in [3.05, 3.63) is 35.9 Å². The molecule has 1 N–H and O–H groups in total. The van der Waals surface area contributed by atoms with Gasteiger partial charge in [-0.1, -0.05) is 37.3 Å². The monoisotopic (exact) mass is 191 g/mol. The van der Waals surface area contributed by atoms with Crippen LogP contribution in [0.1, 0.15) is 32.8 Å². The minimum atomic E-state index is -0.243. The summed E-state index contributed by atoms with van der Waals surface area (Å²) >= 11 is 0. The van der Waals surface area contributed by atoms with Crippen LogP contribution in [-0.2, 0) is 10.3 Å². The third-order valence-corrected chi connectivity index (χ3v) is 2.57. The van der Waals surface area contributed by atoms with Crippen molar-refractivity contribution in [2.24, 2.45) is 0 Å². The van der Waals surface area contributed by atoms with E-state index >= 15 is 0 Å². The molecule has 0 heterocycles. The molecule has 1 atom stereocenters. The molecule has 0 fully saturated rings. The van der Waals surface area contributed by atoms with Crippen molar-refractivity contribution in [2.75, 3.05) is 0 Å². The van der Waals surface area contributed by atoms with Gasteiger partial charge in [0.05, 0.1) is 5.54 Å². The minimum Gasteiger partial charge on any atom is -0.347 e. The molecule has 0 radical (unpaired) electrons. The predicted molar refractivity (Wildman–Crippen MR) is 57.9 cm³/mol. The van der Waals surface area contributed by atoms with Gasteiger partial charge in [-0.3, -0.25) is 4.79 Å². The van der Waals surface area contributed by atoms with Crippen LogP contribution in [0.2, 0.25) is 0 Å². The van der Waals surface area contributed by atoms with Crippen LogP contribution in [0, 0.1) is 0 Å². The normalized spacial score (nSPS) is 14.5. The lowest BCUT2D eigenvalue weighted by Crippen LogP contribution is -2.41. The summed E-state index contributed by atoms with van der Waals surface area (Å²) in [5.41, 5.74) is 0.908. The smallest absolute Gasteiger partial charge is 0.217 e. The number of rotatable bonds is 3. The second-order valence-corrected chi connectivity index (χ2v) is 3.73. The van der Waals surface area contributed by atoms with Gasteiger partial charge in [0.2, 0.25) is 5.91 Å². The van der Waals surface area contributed by atoms with Crippen LogP contribution >= 0.6 is 0 Å². The number of benzene rings is 1. The van der Waals surface area contributed by atoms with Crippen molar-refractivity contribution >= 4 is 5.91 Å². The fourth-order valence-electron chi connectivity index (χ4n) is 1.56. The fourth-order valence-corrected chi connectivity index (χ4v) is 1.56. The van der Waals surface area contributed by atoms with E-state index in [1.807, 2.05) is 37.3 Å². The topological polar surface area (TPSA) is 29.1 Å². The first-order valence-electron chi connectivity index (χ1n) is 4.93. The summed E-state index contributed by atoms with van der Waals surface area (Å²) in [6.45, 7) is 5.67. The highest BCUT2D eigenvalue weighted by Gasteiger charge is 2.24. The molecule has 14 heavy (non-hydrogen) atoms. The van der Waals surface area contributed by atoms with Crippen molar-refractivity contribution in [1.82, 2.24) is 5.32 Å². The largest absolute Gasteiger partial charge is 0.347 e. The molecule has 0 bridgehead atoms. The summed E-state index contributed by atoms with van der Waals surface area (Å²) in [4.78, 5) is 11.1. The Kier molecular flexibility index (Phi) is 3.28. The molecule has 0 unspecified atom stereocenters. The molecule has 0 saturated heterocycles. The van der Waals surface area contributed by atoms with Crippen molar-refractivity contribution < 1.29 is 4.79 Å². The van der Waals surface area contributed by atoms with E-state index in [1.165, 1.54) is 0 Å². The van der Waals surface area contributed by atoms with Gasteiger partial charge < -0.3 is 5.32 Å². The Morgan fingerprint density at radius 3 is 2.36 bits per heavy atom. The van der Waals surface area contributed by atoms with Crippen molar-refractivity contribution in [2.45, 2.75) is 32.7 Å². The van der Waals surface area contributed by atoms with E-state index in [2.05, 4.69) is 12.2 Å². The summed E-state index contributed by atoms with van der Waals surface area (Å²) in [5, 5.41) is 2.98. The van der Waals surface area contributed by atoms with Crippen LogP contribution < -0.4 is 5.32 Å². The van der Waals surface area contributed by atoms with E-state index in [9.17, 15) is 4.79 Å². The van der Waals surface area contributed by atoms with Crippen LogP contribution in [0.15, 0.2) is 30.3 Å². The van der Waals surface area contributed by atoms with E-state index in [4.69, 9.17) is 0 Å². The molecule has 1 aromatic rings. The Labute approximate surface area is 85.3 Å². The predicted octanol–water partition coefficient (Wildman–Crippen LogP) is 2.45.